The maximum Gasteiger partial charge on any atom is 0.251 e. The van der Waals surface area contributed by atoms with Crippen molar-refractivity contribution in [1.29, 1.82) is 0 Å². The van der Waals surface area contributed by atoms with Crippen molar-refractivity contribution in [3.05, 3.63) is 72.1 Å². The summed E-state index contributed by atoms with van der Waals surface area (Å²) in [5.41, 5.74) is 4.66. The number of benzene rings is 2. The van der Waals surface area contributed by atoms with E-state index in [2.05, 4.69) is 30.4 Å². The molecule has 0 spiro atoms. The van der Waals surface area contributed by atoms with Gasteiger partial charge in [0.15, 0.2) is 0 Å². The van der Waals surface area contributed by atoms with Crippen LogP contribution in [0.4, 0.5) is 0 Å². The lowest BCUT2D eigenvalue weighted by Crippen LogP contribution is -2.33. The summed E-state index contributed by atoms with van der Waals surface area (Å²) in [6.07, 6.45) is 6.55. The number of carbonyl (C=O) groups excluding carboxylic acids is 2. The van der Waals surface area contributed by atoms with E-state index >= 15 is 0 Å². The number of nitrogens with one attached hydrogen (secondary N) is 2. The first kappa shape index (κ1) is 31.9. The zero-order valence-electron chi connectivity index (χ0n) is 22.7. The minimum absolute atomic E-state index is 0. The van der Waals surface area contributed by atoms with Gasteiger partial charge in [0, 0.05) is 48.4 Å². The minimum Gasteiger partial charge on any atom is -0.351 e. The Morgan fingerprint density at radius 1 is 0.625 bits per heavy atom. The van der Waals surface area contributed by atoms with Crippen LogP contribution in [0.1, 0.15) is 46.4 Å². The molecule has 2 aliphatic heterocycles. The highest BCUT2D eigenvalue weighted by Gasteiger charge is 2.14. The van der Waals surface area contributed by atoms with Crippen LogP contribution in [0.2, 0.25) is 0 Å². The van der Waals surface area contributed by atoms with E-state index in [4.69, 9.17) is 0 Å². The average molecular weight is 674 g/mol. The first-order valence-electron chi connectivity index (χ1n) is 13.7. The smallest absolute Gasteiger partial charge is 0.251 e. The molecule has 10 heteroatoms. The Morgan fingerprint density at radius 2 is 1.00 bits per heavy atom. The summed E-state index contributed by atoms with van der Waals surface area (Å²) in [5.74, 6) is -0.112. The number of hydrogen-bond donors (Lipinski definition) is 2. The van der Waals surface area contributed by atoms with Gasteiger partial charge in [0.2, 0.25) is 0 Å². The van der Waals surface area contributed by atoms with Crippen molar-refractivity contribution < 1.29 is 9.59 Å². The lowest BCUT2D eigenvalue weighted by Gasteiger charge is -2.14. The number of carbonyl (C=O) groups is 2. The molecule has 0 saturated carbocycles. The standard InChI is InChI=1S/C30H36N6O2.2BrH/c37-29(31-13-19-35-15-1-2-16-35)25-9-5-23(6-10-25)27-21-28(34-22-33-27)24-7-11-26(12-8-24)30(38)32-14-20-36-17-3-4-18-36;;/h5-12,21-22H,1-4,13-20H2,(H,31,37)(H,32,38);2*1H. The average Bonchev–Trinajstić information content (AvgIpc) is 3.68. The third kappa shape index (κ3) is 8.67. The lowest BCUT2D eigenvalue weighted by molar-refractivity contribution is 0.0941. The highest BCUT2D eigenvalue weighted by molar-refractivity contribution is 8.93. The first-order valence-corrected chi connectivity index (χ1v) is 13.7. The van der Waals surface area contributed by atoms with E-state index in [-0.39, 0.29) is 45.8 Å². The zero-order chi connectivity index (χ0) is 26.2. The number of likely N-dealkylation sites (tertiary alicyclic amines) is 2. The molecule has 0 atom stereocenters. The van der Waals surface area contributed by atoms with Crippen LogP contribution in [0.3, 0.4) is 0 Å². The molecule has 0 unspecified atom stereocenters. The molecule has 1 aromatic heterocycles. The third-order valence-corrected chi connectivity index (χ3v) is 7.38. The highest BCUT2D eigenvalue weighted by atomic mass is 79.9. The Balaban J connectivity index is 0.00000220. The second kappa shape index (κ2) is 16.0. The van der Waals surface area contributed by atoms with Gasteiger partial charge in [0.25, 0.3) is 11.8 Å². The summed E-state index contributed by atoms with van der Waals surface area (Å²) < 4.78 is 0. The number of rotatable bonds is 10. The van der Waals surface area contributed by atoms with Crippen molar-refractivity contribution in [2.24, 2.45) is 0 Å². The number of amides is 2. The van der Waals surface area contributed by atoms with Gasteiger partial charge < -0.3 is 20.4 Å². The fraction of sp³-hybridized carbons (Fsp3) is 0.400. The Bertz CT molecular complexity index is 1130. The van der Waals surface area contributed by atoms with E-state index in [1.54, 1.807) is 6.33 Å². The predicted molar refractivity (Wildman–Crippen MR) is 170 cm³/mol. The molecule has 2 amide bonds. The summed E-state index contributed by atoms with van der Waals surface area (Å²) >= 11 is 0. The maximum absolute atomic E-state index is 12.5. The first-order chi connectivity index (χ1) is 18.7. The van der Waals surface area contributed by atoms with Crippen molar-refractivity contribution >= 4 is 45.8 Å². The van der Waals surface area contributed by atoms with Crippen molar-refractivity contribution in [3.8, 4) is 22.5 Å². The van der Waals surface area contributed by atoms with E-state index < -0.39 is 0 Å². The summed E-state index contributed by atoms with van der Waals surface area (Å²) in [5, 5.41) is 6.03. The van der Waals surface area contributed by atoms with E-state index in [0.717, 1.165) is 61.8 Å². The van der Waals surface area contributed by atoms with Crippen LogP contribution in [-0.4, -0.2) is 83.9 Å². The van der Waals surface area contributed by atoms with Gasteiger partial charge in [0.05, 0.1) is 11.4 Å². The summed E-state index contributed by atoms with van der Waals surface area (Å²) in [4.78, 5) is 38.7. The van der Waals surface area contributed by atoms with Gasteiger partial charge in [-0.1, -0.05) is 24.3 Å². The normalized spacial score (nSPS) is 15.2. The van der Waals surface area contributed by atoms with Crippen molar-refractivity contribution in [1.82, 2.24) is 30.4 Å². The molecule has 2 N–H and O–H groups in total. The molecule has 40 heavy (non-hydrogen) atoms. The Morgan fingerprint density at radius 3 is 1.38 bits per heavy atom. The summed E-state index contributed by atoms with van der Waals surface area (Å²) in [6.45, 7) is 7.64. The Hall–Kier alpha value is -2.66. The van der Waals surface area contributed by atoms with Gasteiger partial charge >= 0.3 is 0 Å². The van der Waals surface area contributed by atoms with Gasteiger partial charge in [-0.05, 0) is 82.2 Å². The SMILES string of the molecule is Br.Br.O=C(NCCN1CCCC1)c1ccc(-c2cc(-c3ccc(C(=O)NCCN4CCCC4)cc3)ncn2)cc1. The molecule has 5 rings (SSSR count). The minimum atomic E-state index is -0.0562. The molecule has 2 fully saturated rings. The lowest BCUT2D eigenvalue weighted by atomic mass is 10.0. The van der Waals surface area contributed by atoms with Crippen molar-refractivity contribution in [2.45, 2.75) is 25.7 Å². The van der Waals surface area contributed by atoms with E-state index in [9.17, 15) is 9.59 Å². The number of hydrogen-bond acceptors (Lipinski definition) is 6. The fourth-order valence-electron chi connectivity index (χ4n) is 5.13. The van der Waals surface area contributed by atoms with Gasteiger partial charge in [-0.15, -0.1) is 34.0 Å². The molecular formula is C30H38Br2N6O2. The molecule has 0 radical (unpaired) electrons. The third-order valence-electron chi connectivity index (χ3n) is 7.38. The van der Waals surface area contributed by atoms with Crippen LogP contribution >= 0.6 is 34.0 Å². The van der Waals surface area contributed by atoms with Gasteiger partial charge in [0.1, 0.15) is 6.33 Å². The molecule has 2 saturated heterocycles. The molecule has 214 valence electrons. The molecule has 3 aromatic rings. The van der Waals surface area contributed by atoms with Crippen LogP contribution in [0, 0.1) is 0 Å². The maximum atomic E-state index is 12.5. The molecule has 0 aliphatic carbocycles. The number of halogens is 2. The van der Waals surface area contributed by atoms with Crippen LogP contribution in [0.5, 0.6) is 0 Å². The quantitative estimate of drug-likeness (QED) is 0.327. The van der Waals surface area contributed by atoms with Crippen molar-refractivity contribution in [2.75, 3.05) is 52.4 Å². The second-order valence-corrected chi connectivity index (χ2v) is 10.1. The Labute approximate surface area is 257 Å². The van der Waals surface area contributed by atoms with E-state index in [0.29, 0.717) is 24.2 Å². The molecule has 2 aromatic carbocycles. The zero-order valence-corrected chi connectivity index (χ0v) is 26.1. The monoisotopic (exact) mass is 672 g/mol. The fourth-order valence-corrected chi connectivity index (χ4v) is 5.13. The van der Waals surface area contributed by atoms with Gasteiger partial charge in [-0.2, -0.15) is 0 Å². The van der Waals surface area contributed by atoms with Crippen LogP contribution in [-0.2, 0) is 0 Å². The largest absolute Gasteiger partial charge is 0.351 e. The topological polar surface area (TPSA) is 90.5 Å². The van der Waals surface area contributed by atoms with Crippen LogP contribution in [0.25, 0.3) is 22.5 Å². The summed E-state index contributed by atoms with van der Waals surface area (Å²) in [6, 6.07) is 16.9. The highest BCUT2D eigenvalue weighted by Crippen LogP contribution is 2.23. The van der Waals surface area contributed by atoms with E-state index in [1.807, 2.05) is 54.6 Å². The predicted octanol–water partition coefficient (Wildman–Crippen LogP) is 4.62. The Kier molecular flexibility index (Phi) is 12.7. The molecular weight excluding hydrogens is 636 g/mol. The molecule has 2 aliphatic rings. The summed E-state index contributed by atoms with van der Waals surface area (Å²) in [7, 11) is 0. The molecule has 8 nitrogen and oxygen atoms in total. The van der Waals surface area contributed by atoms with Gasteiger partial charge in [-0.25, -0.2) is 9.97 Å². The number of nitrogens with zero attached hydrogens (tertiary/aromatic N) is 4. The van der Waals surface area contributed by atoms with Crippen LogP contribution in [0.15, 0.2) is 60.9 Å². The van der Waals surface area contributed by atoms with Crippen LogP contribution < -0.4 is 10.6 Å². The van der Waals surface area contributed by atoms with Crippen molar-refractivity contribution in [3.63, 3.8) is 0 Å². The second-order valence-electron chi connectivity index (χ2n) is 10.1. The molecule has 0 bridgehead atoms. The van der Waals surface area contributed by atoms with E-state index in [1.165, 1.54) is 25.7 Å². The molecule has 3 heterocycles. The number of aromatic nitrogens is 2. The van der Waals surface area contributed by atoms with Gasteiger partial charge in [-0.3, -0.25) is 9.59 Å².